The van der Waals surface area contributed by atoms with E-state index in [1.165, 1.54) is 0 Å². The van der Waals surface area contributed by atoms with E-state index in [4.69, 9.17) is 4.52 Å². The number of carbonyl (C=O) groups is 1. The second kappa shape index (κ2) is 6.44. The van der Waals surface area contributed by atoms with E-state index in [0.717, 1.165) is 31.8 Å². The molecule has 24 heavy (non-hydrogen) atoms. The van der Waals surface area contributed by atoms with Crippen molar-refractivity contribution in [2.75, 3.05) is 32.7 Å². The molecule has 2 fully saturated rings. The molecule has 0 bridgehead atoms. The Balaban J connectivity index is 1.53. The van der Waals surface area contributed by atoms with Gasteiger partial charge in [0.05, 0.1) is 5.60 Å². The number of hydrogen-bond donors (Lipinski definition) is 1. The highest BCUT2D eigenvalue weighted by Crippen LogP contribution is 2.35. The Bertz CT molecular complexity index is 584. The van der Waals surface area contributed by atoms with E-state index in [0.29, 0.717) is 38.3 Å². The maximum Gasteiger partial charge on any atom is 0.232 e. The molecule has 134 valence electrons. The number of piperidine rings is 2. The second-order valence-corrected chi connectivity index (χ2v) is 7.71. The number of β-amino-alcohol motifs (C(OH)–C–C–N with tert-alkyl or cyclic N) is 1. The van der Waals surface area contributed by atoms with E-state index >= 15 is 0 Å². The topological polar surface area (TPSA) is 82.7 Å². The van der Waals surface area contributed by atoms with E-state index in [-0.39, 0.29) is 11.3 Å². The summed E-state index contributed by atoms with van der Waals surface area (Å²) < 4.78 is 5.38. The van der Waals surface area contributed by atoms with Crippen LogP contribution in [0.4, 0.5) is 0 Å². The van der Waals surface area contributed by atoms with Crippen LogP contribution in [0, 0.1) is 6.92 Å². The standard InChI is InChI=1S/C17H28N4O3/c1-13-18-15(24-19-13)16(3)4-8-20(9-5-16)12-17(23)6-10-21(11-7-17)14(2)22/h23H,4-12H2,1-3H3. The van der Waals surface area contributed by atoms with Crippen molar-refractivity contribution in [3.05, 3.63) is 11.7 Å². The number of aromatic nitrogens is 2. The minimum atomic E-state index is -0.680. The average Bonchev–Trinajstić information content (AvgIpc) is 2.97. The fraction of sp³-hybridized carbons (Fsp3) is 0.824. The van der Waals surface area contributed by atoms with Crippen LogP contribution in [0.3, 0.4) is 0 Å². The predicted molar refractivity (Wildman–Crippen MR) is 88.5 cm³/mol. The third-order valence-corrected chi connectivity index (χ3v) is 5.66. The first-order valence-electron chi connectivity index (χ1n) is 8.81. The van der Waals surface area contributed by atoms with Gasteiger partial charge in [0, 0.05) is 32.0 Å². The van der Waals surface area contributed by atoms with Crippen LogP contribution in [-0.4, -0.2) is 69.3 Å². The van der Waals surface area contributed by atoms with Crippen molar-refractivity contribution in [2.45, 2.75) is 57.5 Å². The Morgan fingerprint density at radius 3 is 2.33 bits per heavy atom. The molecule has 1 N–H and O–H groups in total. The molecular weight excluding hydrogens is 308 g/mol. The molecule has 0 unspecified atom stereocenters. The molecule has 0 atom stereocenters. The maximum atomic E-state index is 11.4. The molecule has 3 rings (SSSR count). The molecule has 7 nitrogen and oxygen atoms in total. The van der Waals surface area contributed by atoms with Gasteiger partial charge in [0.25, 0.3) is 0 Å². The molecule has 2 saturated heterocycles. The summed E-state index contributed by atoms with van der Waals surface area (Å²) in [4.78, 5) is 20.0. The minimum Gasteiger partial charge on any atom is -0.388 e. The predicted octanol–water partition coefficient (Wildman–Crippen LogP) is 1.10. The molecule has 0 aromatic carbocycles. The van der Waals surface area contributed by atoms with Crippen molar-refractivity contribution in [1.82, 2.24) is 19.9 Å². The van der Waals surface area contributed by atoms with E-state index < -0.39 is 5.60 Å². The molecule has 1 aromatic heterocycles. The lowest BCUT2D eigenvalue weighted by molar-refractivity contribution is -0.133. The SMILES string of the molecule is CC(=O)N1CCC(O)(CN2CCC(C)(c3nc(C)no3)CC2)CC1. The highest BCUT2D eigenvalue weighted by molar-refractivity contribution is 5.73. The minimum absolute atomic E-state index is 0.0711. The van der Waals surface area contributed by atoms with Crippen LogP contribution in [0.1, 0.15) is 51.2 Å². The van der Waals surface area contributed by atoms with Gasteiger partial charge in [-0.05, 0) is 45.7 Å². The Kier molecular flexibility index (Phi) is 4.66. The summed E-state index contributed by atoms with van der Waals surface area (Å²) >= 11 is 0. The molecule has 0 aliphatic carbocycles. The third-order valence-electron chi connectivity index (χ3n) is 5.66. The van der Waals surface area contributed by atoms with Crippen LogP contribution >= 0.6 is 0 Å². The molecule has 7 heteroatoms. The van der Waals surface area contributed by atoms with Crippen LogP contribution in [0.5, 0.6) is 0 Å². The summed E-state index contributed by atoms with van der Waals surface area (Å²) in [5.41, 5.74) is -0.751. The summed E-state index contributed by atoms with van der Waals surface area (Å²) in [6, 6.07) is 0. The van der Waals surface area contributed by atoms with Crippen LogP contribution < -0.4 is 0 Å². The smallest absolute Gasteiger partial charge is 0.232 e. The summed E-state index contributed by atoms with van der Waals surface area (Å²) in [6.07, 6.45) is 3.21. The number of rotatable bonds is 3. The first kappa shape index (κ1) is 17.4. The maximum absolute atomic E-state index is 11.4. The van der Waals surface area contributed by atoms with Crippen LogP contribution in [-0.2, 0) is 10.2 Å². The number of carbonyl (C=O) groups excluding carboxylic acids is 1. The fourth-order valence-electron chi connectivity index (χ4n) is 3.77. The molecular formula is C17H28N4O3. The zero-order valence-corrected chi connectivity index (χ0v) is 14.9. The van der Waals surface area contributed by atoms with Crippen molar-refractivity contribution < 1.29 is 14.4 Å². The van der Waals surface area contributed by atoms with E-state index in [9.17, 15) is 9.90 Å². The van der Waals surface area contributed by atoms with E-state index in [2.05, 4.69) is 22.0 Å². The molecule has 0 radical (unpaired) electrons. The van der Waals surface area contributed by atoms with Gasteiger partial charge in [-0.15, -0.1) is 0 Å². The Hall–Kier alpha value is -1.47. The van der Waals surface area contributed by atoms with Gasteiger partial charge in [-0.2, -0.15) is 4.98 Å². The number of amides is 1. The zero-order valence-electron chi connectivity index (χ0n) is 14.9. The fourth-order valence-corrected chi connectivity index (χ4v) is 3.77. The lowest BCUT2D eigenvalue weighted by Gasteiger charge is -2.43. The average molecular weight is 336 g/mol. The zero-order chi connectivity index (χ0) is 17.4. The third kappa shape index (κ3) is 3.62. The number of likely N-dealkylation sites (tertiary alicyclic amines) is 2. The van der Waals surface area contributed by atoms with Gasteiger partial charge in [-0.3, -0.25) is 4.79 Å². The Labute approximate surface area is 143 Å². The van der Waals surface area contributed by atoms with Crippen molar-refractivity contribution >= 4 is 5.91 Å². The monoisotopic (exact) mass is 336 g/mol. The molecule has 2 aliphatic heterocycles. The van der Waals surface area contributed by atoms with Crippen molar-refractivity contribution in [2.24, 2.45) is 0 Å². The molecule has 1 aromatic rings. The first-order chi connectivity index (χ1) is 11.3. The molecule has 0 spiro atoms. The summed E-state index contributed by atoms with van der Waals surface area (Å²) in [5, 5.41) is 14.8. The highest BCUT2D eigenvalue weighted by Gasteiger charge is 2.40. The lowest BCUT2D eigenvalue weighted by atomic mass is 9.79. The number of aryl methyl sites for hydroxylation is 1. The quantitative estimate of drug-likeness (QED) is 0.890. The molecule has 0 saturated carbocycles. The van der Waals surface area contributed by atoms with Crippen molar-refractivity contribution in [3.63, 3.8) is 0 Å². The highest BCUT2D eigenvalue weighted by atomic mass is 16.5. The number of aliphatic hydroxyl groups is 1. The van der Waals surface area contributed by atoms with Gasteiger partial charge in [-0.25, -0.2) is 0 Å². The summed E-state index contributed by atoms with van der Waals surface area (Å²) in [6.45, 7) is 9.42. The van der Waals surface area contributed by atoms with Gasteiger partial charge >= 0.3 is 0 Å². The first-order valence-corrected chi connectivity index (χ1v) is 8.81. The van der Waals surface area contributed by atoms with Crippen LogP contribution in [0.25, 0.3) is 0 Å². The van der Waals surface area contributed by atoms with Crippen LogP contribution in [0.2, 0.25) is 0 Å². The van der Waals surface area contributed by atoms with Crippen LogP contribution in [0.15, 0.2) is 4.52 Å². The van der Waals surface area contributed by atoms with Crippen molar-refractivity contribution in [1.29, 1.82) is 0 Å². The van der Waals surface area contributed by atoms with Gasteiger partial charge in [0.15, 0.2) is 5.82 Å². The summed E-state index contributed by atoms with van der Waals surface area (Å²) in [5.74, 6) is 1.51. The normalized spacial score (nSPS) is 24.1. The summed E-state index contributed by atoms with van der Waals surface area (Å²) in [7, 11) is 0. The van der Waals surface area contributed by atoms with Gasteiger partial charge in [0.2, 0.25) is 11.8 Å². The van der Waals surface area contributed by atoms with E-state index in [1.807, 2.05) is 11.8 Å². The second-order valence-electron chi connectivity index (χ2n) is 7.71. The number of nitrogens with zero attached hydrogens (tertiary/aromatic N) is 4. The van der Waals surface area contributed by atoms with Gasteiger partial charge < -0.3 is 19.4 Å². The lowest BCUT2D eigenvalue weighted by Crippen LogP contribution is -2.53. The van der Waals surface area contributed by atoms with E-state index in [1.54, 1.807) is 6.92 Å². The van der Waals surface area contributed by atoms with Crippen molar-refractivity contribution in [3.8, 4) is 0 Å². The van der Waals surface area contributed by atoms with Gasteiger partial charge in [-0.1, -0.05) is 12.1 Å². The molecule has 3 heterocycles. The van der Waals surface area contributed by atoms with Gasteiger partial charge in [0.1, 0.15) is 0 Å². The molecule has 2 aliphatic rings. The Morgan fingerprint density at radius 1 is 1.21 bits per heavy atom. The largest absolute Gasteiger partial charge is 0.388 e. The Morgan fingerprint density at radius 2 is 1.83 bits per heavy atom. The number of hydrogen-bond acceptors (Lipinski definition) is 6. The molecule has 1 amide bonds.